The van der Waals surface area contributed by atoms with Gasteiger partial charge in [-0.15, -0.1) is 0 Å². The molecule has 1 saturated carbocycles. The van der Waals surface area contributed by atoms with Crippen LogP contribution in [-0.2, 0) is 4.74 Å². The summed E-state index contributed by atoms with van der Waals surface area (Å²) >= 11 is 0. The van der Waals surface area contributed by atoms with E-state index in [0.717, 1.165) is 26.1 Å². The van der Waals surface area contributed by atoms with E-state index in [4.69, 9.17) is 4.74 Å². The van der Waals surface area contributed by atoms with Crippen molar-refractivity contribution >= 4 is 5.96 Å². The Balaban J connectivity index is 1.71. The lowest BCUT2D eigenvalue weighted by molar-refractivity contribution is -0.185. The fourth-order valence-electron chi connectivity index (χ4n) is 3.44. The Morgan fingerprint density at radius 1 is 1.25 bits per heavy atom. The fraction of sp³-hybridized carbons (Fsp3) is 0.938. The van der Waals surface area contributed by atoms with Gasteiger partial charge in [-0.3, -0.25) is 4.99 Å². The normalized spacial score (nSPS) is 30.2. The summed E-state index contributed by atoms with van der Waals surface area (Å²) in [6.07, 6.45) is -2.00. The summed E-state index contributed by atoms with van der Waals surface area (Å²) in [4.78, 5) is 6.36. The topological polar surface area (TPSA) is 48.9 Å². The zero-order valence-electron chi connectivity index (χ0n) is 14.5. The van der Waals surface area contributed by atoms with Crippen LogP contribution in [0.1, 0.15) is 25.7 Å². The summed E-state index contributed by atoms with van der Waals surface area (Å²) in [5.74, 6) is -0.485. The van der Waals surface area contributed by atoms with Gasteiger partial charge in [0.1, 0.15) is 0 Å². The van der Waals surface area contributed by atoms with Crippen molar-refractivity contribution in [2.75, 3.05) is 46.9 Å². The molecule has 0 bridgehead atoms. The Labute approximate surface area is 142 Å². The molecule has 24 heavy (non-hydrogen) atoms. The van der Waals surface area contributed by atoms with Crippen molar-refractivity contribution < 1.29 is 17.9 Å². The van der Waals surface area contributed by atoms with Gasteiger partial charge in [-0.25, -0.2) is 0 Å². The number of aliphatic imine (C=N–C) groups is 1. The van der Waals surface area contributed by atoms with Crippen LogP contribution in [0.2, 0.25) is 0 Å². The average Bonchev–Trinajstić information content (AvgIpc) is 2.54. The first kappa shape index (κ1) is 19.3. The predicted octanol–water partition coefficient (Wildman–Crippen LogP) is 1.85. The Hall–Kier alpha value is -1.02. The van der Waals surface area contributed by atoms with Crippen molar-refractivity contribution in [3.8, 4) is 0 Å². The van der Waals surface area contributed by atoms with Crippen molar-refractivity contribution in [3.63, 3.8) is 0 Å². The molecule has 0 radical (unpaired) electrons. The number of alkyl halides is 3. The molecule has 3 unspecified atom stereocenters. The number of nitrogens with zero attached hydrogens (tertiary/aromatic N) is 2. The summed E-state index contributed by atoms with van der Waals surface area (Å²) in [7, 11) is 3.73. The van der Waals surface area contributed by atoms with Gasteiger partial charge in [0.15, 0.2) is 5.96 Å². The molecule has 140 valence electrons. The van der Waals surface area contributed by atoms with E-state index in [1.54, 1.807) is 7.05 Å². The number of rotatable bonds is 4. The molecule has 1 heterocycles. The summed E-state index contributed by atoms with van der Waals surface area (Å²) in [6, 6.07) is 0. The molecular weight excluding hydrogens is 321 g/mol. The molecule has 5 nitrogen and oxygen atoms in total. The summed E-state index contributed by atoms with van der Waals surface area (Å²) in [5, 5.41) is 6.37. The van der Waals surface area contributed by atoms with Crippen molar-refractivity contribution in [1.29, 1.82) is 0 Å². The van der Waals surface area contributed by atoms with Crippen molar-refractivity contribution in [1.82, 2.24) is 15.5 Å². The third kappa shape index (κ3) is 6.12. The zero-order valence-corrected chi connectivity index (χ0v) is 14.5. The van der Waals surface area contributed by atoms with E-state index in [-0.39, 0.29) is 24.9 Å². The molecule has 8 heteroatoms. The van der Waals surface area contributed by atoms with E-state index in [9.17, 15) is 13.2 Å². The van der Waals surface area contributed by atoms with Crippen LogP contribution in [0.25, 0.3) is 0 Å². The standard InChI is InChI=1S/C16H29F3N4O/c1-20-15(22-10-14-11-23(2)6-7-24-14)21-9-12-4-3-5-13(8-12)16(17,18)19/h12-14H,3-11H2,1-2H3,(H2,20,21,22). The third-order valence-electron chi connectivity index (χ3n) is 4.87. The lowest BCUT2D eigenvalue weighted by Gasteiger charge is -2.32. The molecule has 2 rings (SSSR count). The Bertz CT molecular complexity index is 417. The Morgan fingerprint density at radius 3 is 2.67 bits per heavy atom. The first-order valence-corrected chi connectivity index (χ1v) is 8.70. The second-order valence-electron chi connectivity index (χ2n) is 6.86. The molecule has 1 saturated heterocycles. The first-order valence-electron chi connectivity index (χ1n) is 8.70. The minimum Gasteiger partial charge on any atom is -0.374 e. The number of nitrogens with one attached hydrogen (secondary N) is 2. The van der Waals surface area contributed by atoms with Gasteiger partial charge in [0.25, 0.3) is 0 Å². The van der Waals surface area contributed by atoms with E-state index >= 15 is 0 Å². The number of likely N-dealkylation sites (N-methyl/N-ethyl adjacent to an activating group) is 1. The van der Waals surface area contributed by atoms with Crippen LogP contribution in [0.5, 0.6) is 0 Å². The third-order valence-corrected chi connectivity index (χ3v) is 4.87. The van der Waals surface area contributed by atoms with Gasteiger partial charge >= 0.3 is 6.18 Å². The van der Waals surface area contributed by atoms with Gasteiger partial charge < -0.3 is 20.3 Å². The highest BCUT2D eigenvalue weighted by Gasteiger charge is 2.42. The SMILES string of the molecule is CN=C(NCC1CCCC(C(F)(F)F)C1)NCC1CN(C)CCO1. The van der Waals surface area contributed by atoms with Gasteiger partial charge in [-0.05, 0) is 32.2 Å². The minimum atomic E-state index is -4.07. The molecule has 1 aliphatic carbocycles. The molecule has 2 fully saturated rings. The van der Waals surface area contributed by atoms with Gasteiger partial charge in [0.2, 0.25) is 0 Å². The number of hydrogen-bond donors (Lipinski definition) is 2. The summed E-state index contributed by atoms with van der Waals surface area (Å²) in [6.45, 7) is 3.68. The lowest BCUT2D eigenvalue weighted by Crippen LogP contribution is -2.49. The number of hydrogen-bond acceptors (Lipinski definition) is 3. The van der Waals surface area contributed by atoms with Gasteiger partial charge in [-0.1, -0.05) is 6.42 Å². The monoisotopic (exact) mass is 350 g/mol. The molecule has 0 amide bonds. The number of halogens is 3. The van der Waals surface area contributed by atoms with Crippen LogP contribution < -0.4 is 10.6 Å². The van der Waals surface area contributed by atoms with Crippen LogP contribution in [-0.4, -0.2) is 70.0 Å². The molecule has 2 aliphatic rings. The maximum absolute atomic E-state index is 12.9. The largest absolute Gasteiger partial charge is 0.391 e. The van der Waals surface area contributed by atoms with E-state index in [1.807, 2.05) is 0 Å². The molecule has 0 aromatic carbocycles. The second-order valence-corrected chi connectivity index (χ2v) is 6.86. The quantitative estimate of drug-likeness (QED) is 0.600. The van der Waals surface area contributed by atoms with Gasteiger partial charge in [0, 0.05) is 33.2 Å². The molecule has 1 aliphatic heterocycles. The Kier molecular flexibility index (Phi) is 7.16. The van der Waals surface area contributed by atoms with Crippen LogP contribution in [0.4, 0.5) is 13.2 Å². The van der Waals surface area contributed by atoms with E-state index in [2.05, 4.69) is 27.6 Å². The second kappa shape index (κ2) is 8.89. The van der Waals surface area contributed by atoms with Crippen molar-refractivity contribution in [2.45, 2.75) is 38.0 Å². The maximum Gasteiger partial charge on any atom is 0.391 e. The van der Waals surface area contributed by atoms with Gasteiger partial charge in [-0.2, -0.15) is 13.2 Å². The highest BCUT2D eigenvalue weighted by atomic mass is 19.4. The predicted molar refractivity (Wildman–Crippen MR) is 88.1 cm³/mol. The van der Waals surface area contributed by atoms with Crippen molar-refractivity contribution in [2.24, 2.45) is 16.8 Å². The number of ether oxygens (including phenoxy) is 1. The maximum atomic E-state index is 12.9. The van der Waals surface area contributed by atoms with Crippen molar-refractivity contribution in [3.05, 3.63) is 0 Å². The molecule has 0 spiro atoms. The van der Waals surface area contributed by atoms with Gasteiger partial charge in [0.05, 0.1) is 18.6 Å². The number of guanidine groups is 1. The van der Waals surface area contributed by atoms with E-state index in [0.29, 0.717) is 25.5 Å². The molecule has 0 aromatic heterocycles. The fourth-order valence-corrected chi connectivity index (χ4v) is 3.44. The first-order chi connectivity index (χ1) is 11.4. The van der Waals surface area contributed by atoms with Crippen LogP contribution in [0, 0.1) is 11.8 Å². The highest BCUT2D eigenvalue weighted by molar-refractivity contribution is 5.79. The average molecular weight is 350 g/mol. The highest BCUT2D eigenvalue weighted by Crippen LogP contribution is 2.39. The molecule has 2 N–H and O–H groups in total. The molecular formula is C16H29F3N4O. The van der Waals surface area contributed by atoms with Crippen LogP contribution in [0.15, 0.2) is 4.99 Å². The van der Waals surface area contributed by atoms with E-state index < -0.39 is 12.1 Å². The Morgan fingerprint density at radius 2 is 2.00 bits per heavy atom. The zero-order chi connectivity index (χ0) is 17.6. The smallest absolute Gasteiger partial charge is 0.374 e. The molecule has 3 atom stereocenters. The molecule has 0 aromatic rings. The summed E-state index contributed by atoms with van der Waals surface area (Å²) < 4.78 is 44.3. The lowest BCUT2D eigenvalue weighted by atomic mass is 9.81. The summed E-state index contributed by atoms with van der Waals surface area (Å²) in [5.41, 5.74) is 0. The van der Waals surface area contributed by atoms with E-state index in [1.165, 1.54) is 0 Å². The van der Waals surface area contributed by atoms with Crippen LogP contribution in [0.3, 0.4) is 0 Å². The minimum absolute atomic E-state index is 0.0426. The number of morpholine rings is 1. The van der Waals surface area contributed by atoms with Crippen LogP contribution >= 0.6 is 0 Å².